The highest BCUT2D eigenvalue weighted by atomic mass is 32.2. The molecular weight excluding hydrogens is 344 g/mol. The van der Waals surface area contributed by atoms with Crippen LogP contribution in [0.3, 0.4) is 0 Å². The molecule has 2 rings (SSSR count). The number of amides is 1. The average molecular weight is 369 g/mol. The molecule has 0 aliphatic rings. The summed E-state index contributed by atoms with van der Waals surface area (Å²) in [5, 5.41) is 12.9. The topological polar surface area (TPSA) is 69.0 Å². The third-order valence-electron chi connectivity index (χ3n) is 4.36. The van der Waals surface area contributed by atoms with Gasteiger partial charge >= 0.3 is 0 Å². The third-order valence-corrected chi connectivity index (χ3v) is 5.33. The fourth-order valence-corrected chi connectivity index (χ4v) is 3.36. The number of thioether (sulfide) groups is 1. The molecule has 0 saturated carbocycles. The maximum atomic E-state index is 12.2. The second-order valence-electron chi connectivity index (χ2n) is 6.37. The van der Waals surface area contributed by atoms with Gasteiger partial charge in [-0.2, -0.15) is 5.26 Å². The molecule has 1 heterocycles. The highest BCUT2D eigenvalue weighted by molar-refractivity contribution is 8.00. The van der Waals surface area contributed by atoms with Gasteiger partial charge in [-0.1, -0.05) is 23.9 Å². The molecule has 1 aromatic carbocycles. The fraction of sp³-hybridized carbons (Fsp3) is 0.350. The van der Waals surface area contributed by atoms with E-state index < -0.39 is 0 Å². The van der Waals surface area contributed by atoms with Gasteiger partial charge in [0.15, 0.2) is 0 Å². The molecule has 0 spiro atoms. The quantitative estimate of drug-likeness (QED) is 0.792. The Morgan fingerprint density at radius 3 is 2.42 bits per heavy atom. The molecule has 6 heteroatoms. The van der Waals surface area contributed by atoms with Gasteiger partial charge in [-0.3, -0.25) is 4.79 Å². The van der Waals surface area contributed by atoms with Crippen molar-refractivity contribution in [1.82, 2.24) is 10.3 Å². The molecule has 0 aliphatic carbocycles. The van der Waals surface area contributed by atoms with Crippen molar-refractivity contribution < 1.29 is 4.79 Å². The SMILES string of the molecule is Cc1nc(SCC(=O)NCc2ccc(N(C)C)cc2)c(C#N)c(C)c1C. The van der Waals surface area contributed by atoms with Crippen LogP contribution < -0.4 is 10.2 Å². The van der Waals surface area contributed by atoms with Crippen LogP contribution in [0.1, 0.15) is 27.9 Å². The van der Waals surface area contributed by atoms with Crippen LogP contribution >= 0.6 is 11.8 Å². The Hall–Kier alpha value is -2.52. The number of nitriles is 1. The zero-order valence-electron chi connectivity index (χ0n) is 15.9. The second kappa shape index (κ2) is 8.72. The van der Waals surface area contributed by atoms with E-state index >= 15 is 0 Å². The maximum absolute atomic E-state index is 12.2. The molecule has 1 N–H and O–H groups in total. The Balaban J connectivity index is 1.94. The number of anilines is 1. The van der Waals surface area contributed by atoms with Crippen LogP contribution in [0.5, 0.6) is 0 Å². The summed E-state index contributed by atoms with van der Waals surface area (Å²) in [4.78, 5) is 18.7. The van der Waals surface area contributed by atoms with Crippen LogP contribution in [-0.2, 0) is 11.3 Å². The van der Waals surface area contributed by atoms with Gasteiger partial charge in [-0.05, 0) is 49.6 Å². The molecule has 1 amide bonds. The number of carbonyl (C=O) groups excluding carboxylic acids is 1. The summed E-state index contributed by atoms with van der Waals surface area (Å²) in [5.74, 6) is 0.160. The van der Waals surface area contributed by atoms with E-state index in [9.17, 15) is 10.1 Å². The van der Waals surface area contributed by atoms with Crippen LogP contribution in [0.2, 0.25) is 0 Å². The van der Waals surface area contributed by atoms with E-state index in [1.165, 1.54) is 11.8 Å². The number of nitrogens with zero attached hydrogens (tertiary/aromatic N) is 3. The molecule has 0 fully saturated rings. The fourth-order valence-electron chi connectivity index (χ4n) is 2.44. The lowest BCUT2D eigenvalue weighted by molar-refractivity contribution is -0.118. The van der Waals surface area contributed by atoms with Crippen LogP contribution in [0, 0.1) is 32.1 Å². The van der Waals surface area contributed by atoms with Gasteiger partial charge in [0.05, 0.1) is 11.3 Å². The second-order valence-corrected chi connectivity index (χ2v) is 7.33. The van der Waals surface area contributed by atoms with Crippen molar-refractivity contribution in [1.29, 1.82) is 5.26 Å². The lowest BCUT2D eigenvalue weighted by atomic mass is 10.1. The van der Waals surface area contributed by atoms with Gasteiger partial charge in [0, 0.05) is 32.0 Å². The summed E-state index contributed by atoms with van der Waals surface area (Å²) in [7, 11) is 3.98. The number of aromatic nitrogens is 1. The first kappa shape index (κ1) is 19.8. The molecule has 0 bridgehead atoms. The molecule has 0 aliphatic heterocycles. The van der Waals surface area contributed by atoms with Gasteiger partial charge in [0.2, 0.25) is 5.91 Å². The lowest BCUT2D eigenvalue weighted by Gasteiger charge is -2.13. The molecule has 0 atom stereocenters. The minimum absolute atomic E-state index is 0.0757. The van der Waals surface area contributed by atoms with Gasteiger partial charge in [-0.25, -0.2) is 4.98 Å². The Morgan fingerprint density at radius 1 is 1.19 bits per heavy atom. The minimum atomic E-state index is -0.0757. The van der Waals surface area contributed by atoms with Crippen molar-refractivity contribution in [2.75, 3.05) is 24.7 Å². The van der Waals surface area contributed by atoms with E-state index in [-0.39, 0.29) is 11.7 Å². The number of carbonyl (C=O) groups is 1. The molecule has 136 valence electrons. The number of nitrogens with one attached hydrogen (secondary N) is 1. The summed E-state index contributed by atoms with van der Waals surface area (Å²) in [6, 6.07) is 10.3. The van der Waals surface area contributed by atoms with E-state index in [2.05, 4.69) is 16.4 Å². The molecule has 26 heavy (non-hydrogen) atoms. The zero-order chi connectivity index (χ0) is 19.3. The summed E-state index contributed by atoms with van der Waals surface area (Å²) in [6.07, 6.45) is 0. The van der Waals surface area contributed by atoms with Crippen molar-refractivity contribution in [3.63, 3.8) is 0 Å². The molecule has 0 unspecified atom stereocenters. The van der Waals surface area contributed by atoms with Crippen molar-refractivity contribution >= 4 is 23.4 Å². The van der Waals surface area contributed by atoms with Gasteiger partial charge in [-0.15, -0.1) is 0 Å². The first-order valence-corrected chi connectivity index (χ1v) is 9.35. The van der Waals surface area contributed by atoms with Gasteiger partial charge in [0.1, 0.15) is 11.1 Å². The third kappa shape index (κ3) is 4.77. The molecular formula is C20H24N4OS. The first-order valence-electron chi connectivity index (χ1n) is 8.37. The Labute approximate surface area is 159 Å². The molecule has 0 radical (unpaired) electrons. The number of hydrogen-bond donors (Lipinski definition) is 1. The Kier molecular flexibility index (Phi) is 6.64. The van der Waals surface area contributed by atoms with E-state index in [0.29, 0.717) is 17.1 Å². The monoisotopic (exact) mass is 368 g/mol. The van der Waals surface area contributed by atoms with Crippen LogP contribution in [-0.4, -0.2) is 30.7 Å². The minimum Gasteiger partial charge on any atom is -0.378 e. The standard InChI is InChI=1S/C20H24N4OS/c1-13-14(2)18(10-21)20(23-15(13)3)26-12-19(25)22-11-16-6-8-17(9-7-16)24(4)5/h6-9H,11-12H2,1-5H3,(H,22,25). The summed E-state index contributed by atoms with van der Waals surface area (Å²) < 4.78 is 0. The van der Waals surface area contributed by atoms with E-state index in [1.54, 1.807) is 0 Å². The van der Waals surface area contributed by atoms with Gasteiger partial charge < -0.3 is 10.2 Å². The summed E-state index contributed by atoms with van der Waals surface area (Å²) in [6.45, 7) is 6.29. The lowest BCUT2D eigenvalue weighted by Crippen LogP contribution is -2.24. The largest absolute Gasteiger partial charge is 0.378 e. The number of aryl methyl sites for hydroxylation is 1. The molecule has 0 saturated heterocycles. The average Bonchev–Trinajstić information content (AvgIpc) is 2.63. The molecule has 5 nitrogen and oxygen atoms in total. The number of rotatable bonds is 6. The first-order chi connectivity index (χ1) is 12.3. The highest BCUT2D eigenvalue weighted by Gasteiger charge is 2.14. The Morgan fingerprint density at radius 2 is 1.85 bits per heavy atom. The number of pyridine rings is 1. The van der Waals surface area contributed by atoms with Crippen LogP contribution in [0.15, 0.2) is 29.3 Å². The summed E-state index contributed by atoms with van der Waals surface area (Å²) in [5.41, 5.74) is 5.58. The Bertz CT molecular complexity index is 838. The summed E-state index contributed by atoms with van der Waals surface area (Å²) >= 11 is 1.31. The van der Waals surface area contributed by atoms with Crippen molar-refractivity contribution in [2.24, 2.45) is 0 Å². The van der Waals surface area contributed by atoms with Crippen LogP contribution in [0.25, 0.3) is 0 Å². The predicted octanol–water partition coefficient (Wildman–Crippen LogP) is 3.35. The van der Waals surface area contributed by atoms with Crippen molar-refractivity contribution in [2.45, 2.75) is 32.3 Å². The van der Waals surface area contributed by atoms with Crippen LogP contribution in [0.4, 0.5) is 5.69 Å². The maximum Gasteiger partial charge on any atom is 0.230 e. The van der Waals surface area contributed by atoms with E-state index in [4.69, 9.17) is 0 Å². The number of benzene rings is 1. The predicted molar refractivity (Wildman–Crippen MR) is 107 cm³/mol. The van der Waals surface area contributed by atoms with Crippen molar-refractivity contribution in [3.05, 3.63) is 52.2 Å². The number of hydrogen-bond acceptors (Lipinski definition) is 5. The normalized spacial score (nSPS) is 10.3. The van der Waals surface area contributed by atoms with E-state index in [0.717, 1.165) is 28.1 Å². The molecule has 2 aromatic rings. The molecule has 1 aromatic heterocycles. The highest BCUT2D eigenvalue weighted by Crippen LogP contribution is 2.26. The smallest absolute Gasteiger partial charge is 0.230 e. The van der Waals surface area contributed by atoms with E-state index in [1.807, 2.05) is 64.0 Å². The van der Waals surface area contributed by atoms with Gasteiger partial charge in [0.25, 0.3) is 0 Å². The zero-order valence-corrected chi connectivity index (χ0v) is 16.7. The van der Waals surface area contributed by atoms with Crippen molar-refractivity contribution in [3.8, 4) is 6.07 Å².